The van der Waals surface area contributed by atoms with E-state index in [2.05, 4.69) is 43.4 Å². The number of amides is 1. The molecule has 4 heteroatoms. The molecule has 0 bridgehead atoms. The number of rotatable bonds is 5. The number of fused-ring (bicyclic) bond motifs is 1. The van der Waals surface area contributed by atoms with Crippen LogP contribution in [0.4, 0.5) is 0 Å². The van der Waals surface area contributed by atoms with E-state index in [1.54, 1.807) is 0 Å². The number of hydrogen-bond donors (Lipinski definition) is 1. The van der Waals surface area contributed by atoms with Gasteiger partial charge in [-0.25, -0.2) is 0 Å². The topological polar surface area (TPSA) is 32.3 Å². The molecule has 2 aromatic carbocycles. The Labute approximate surface area is 155 Å². The Bertz CT molecular complexity index is 742. The normalized spacial score (nSPS) is 20.9. The van der Waals surface area contributed by atoms with Crippen LogP contribution >= 0.6 is 11.6 Å². The summed E-state index contributed by atoms with van der Waals surface area (Å²) in [5, 5.41) is 3.92. The van der Waals surface area contributed by atoms with E-state index in [4.69, 9.17) is 11.6 Å². The van der Waals surface area contributed by atoms with Crippen LogP contribution in [0.15, 0.2) is 48.5 Å². The lowest BCUT2D eigenvalue weighted by Crippen LogP contribution is -2.40. The van der Waals surface area contributed by atoms with Crippen molar-refractivity contribution in [3.63, 3.8) is 0 Å². The number of benzene rings is 2. The fourth-order valence-corrected chi connectivity index (χ4v) is 3.93. The molecule has 1 N–H and O–H groups in total. The molecule has 2 aromatic rings. The van der Waals surface area contributed by atoms with Gasteiger partial charge in [0.1, 0.15) is 0 Å². The molecule has 3 nitrogen and oxygen atoms in total. The van der Waals surface area contributed by atoms with Gasteiger partial charge in [-0.05, 0) is 55.3 Å². The second-order valence-electron chi connectivity index (χ2n) is 7.28. The van der Waals surface area contributed by atoms with Gasteiger partial charge in [-0.15, -0.1) is 0 Å². The predicted molar refractivity (Wildman–Crippen MR) is 103 cm³/mol. The highest BCUT2D eigenvalue weighted by molar-refractivity contribution is 6.30. The van der Waals surface area contributed by atoms with Gasteiger partial charge in [-0.3, -0.25) is 4.79 Å². The van der Waals surface area contributed by atoms with Crippen molar-refractivity contribution in [3.05, 3.63) is 70.2 Å². The zero-order valence-corrected chi connectivity index (χ0v) is 15.8. The van der Waals surface area contributed by atoms with E-state index in [0.717, 1.165) is 24.1 Å². The van der Waals surface area contributed by atoms with Crippen LogP contribution in [0.25, 0.3) is 0 Å². The van der Waals surface area contributed by atoms with E-state index in [1.165, 1.54) is 5.56 Å². The molecule has 3 atom stereocenters. The van der Waals surface area contributed by atoms with Crippen LogP contribution in [0.1, 0.15) is 42.0 Å². The Morgan fingerprint density at radius 3 is 2.36 bits per heavy atom. The van der Waals surface area contributed by atoms with Gasteiger partial charge < -0.3 is 10.2 Å². The molecule has 0 saturated heterocycles. The molecule has 1 heterocycles. The lowest BCUT2D eigenvalue weighted by molar-refractivity contribution is -0.124. The SMILES string of the molecule is CC(CC1C(=O)NC(c2ccc(Cl)cc2)c2ccccc21)CN(C)C. The van der Waals surface area contributed by atoms with Gasteiger partial charge in [0, 0.05) is 11.6 Å². The van der Waals surface area contributed by atoms with Crippen LogP contribution in [0.2, 0.25) is 5.02 Å². The van der Waals surface area contributed by atoms with Gasteiger partial charge in [0.15, 0.2) is 0 Å². The third kappa shape index (κ3) is 4.05. The summed E-state index contributed by atoms with van der Waals surface area (Å²) in [5.74, 6) is 0.477. The summed E-state index contributed by atoms with van der Waals surface area (Å²) in [6.45, 7) is 3.19. The van der Waals surface area contributed by atoms with Crippen LogP contribution in [-0.2, 0) is 4.79 Å². The minimum absolute atomic E-state index is 0.0882. The smallest absolute Gasteiger partial charge is 0.228 e. The zero-order chi connectivity index (χ0) is 18.0. The van der Waals surface area contributed by atoms with Crippen LogP contribution in [0.3, 0.4) is 0 Å². The molecule has 132 valence electrons. The summed E-state index contributed by atoms with van der Waals surface area (Å²) < 4.78 is 0. The van der Waals surface area contributed by atoms with Gasteiger partial charge >= 0.3 is 0 Å². The molecule has 1 aliphatic rings. The Morgan fingerprint density at radius 2 is 1.72 bits per heavy atom. The first-order valence-corrected chi connectivity index (χ1v) is 9.13. The van der Waals surface area contributed by atoms with E-state index >= 15 is 0 Å². The minimum Gasteiger partial charge on any atom is -0.345 e. The average molecular weight is 357 g/mol. The van der Waals surface area contributed by atoms with Crippen molar-refractivity contribution in [2.45, 2.75) is 25.3 Å². The Hall–Kier alpha value is -1.84. The van der Waals surface area contributed by atoms with E-state index in [1.807, 2.05) is 36.4 Å². The molecule has 0 aromatic heterocycles. The van der Waals surface area contributed by atoms with E-state index in [-0.39, 0.29) is 17.9 Å². The summed E-state index contributed by atoms with van der Waals surface area (Å²) in [7, 11) is 4.14. The molecule has 0 fully saturated rings. The van der Waals surface area contributed by atoms with Crippen molar-refractivity contribution in [3.8, 4) is 0 Å². The summed E-state index contributed by atoms with van der Waals surface area (Å²) in [6.07, 6.45) is 0.856. The Kier molecular flexibility index (Phi) is 5.45. The third-order valence-electron chi connectivity index (χ3n) is 4.80. The zero-order valence-electron chi connectivity index (χ0n) is 15.0. The van der Waals surface area contributed by atoms with E-state index in [9.17, 15) is 4.79 Å². The summed E-state index contributed by atoms with van der Waals surface area (Å²) in [4.78, 5) is 15.1. The molecule has 0 spiro atoms. The van der Waals surface area contributed by atoms with Crippen LogP contribution < -0.4 is 5.32 Å². The fraction of sp³-hybridized carbons (Fsp3) is 0.381. The van der Waals surface area contributed by atoms with Crippen molar-refractivity contribution < 1.29 is 4.79 Å². The quantitative estimate of drug-likeness (QED) is 0.869. The molecule has 0 radical (unpaired) electrons. The van der Waals surface area contributed by atoms with Crippen molar-refractivity contribution in [2.24, 2.45) is 5.92 Å². The van der Waals surface area contributed by atoms with Crippen molar-refractivity contribution in [1.29, 1.82) is 0 Å². The van der Waals surface area contributed by atoms with Crippen molar-refractivity contribution in [1.82, 2.24) is 10.2 Å². The molecule has 25 heavy (non-hydrogen) atoms. The molecule has 1 amide bonds. The molecule has 3 rings (SSSR count). The minimum atomic E-state index is -0.110. The maximum Gasteiger partial charge on any atom is 0.228 e. The molecular formula is C21H25ClN2O. The summed E-state index contributed by atoms with van der Waals surface area (Å²) >= 11 is 6.01. The van der Waals surface area contributed by atoms with Crippen LogP contribution in [-0.4, -0.2) is 31.4 Å². The largest absolute Gasteiger partial charge is 0.345 e. The molecule has 1 aliphatic heterocycles. The van der Waals surface area contributed by atoms with Crippen LogP contribution in [0, 0.1) is 5.92 Å². The fourth-order valence-electron chi connectivity index (χ4n) is 3.81. The maximum absolute atomic E-state index is 12.9. The maximum atomic E-state index is 12.9. The highest BCUT2D eigenvalue weighted by Gasteiger charge is 2.34. The molecule has 3 unspecified atom stereocenters. The number of hydrogen-bond acceptors (Lipinski definition) is 2. The van der Waals surface area contributed by atoms with Crippen molar-refractivity contribution >= 4 is 17.5 Å². The first kappa shape index (κ1) is 18.0. The second kappa shape index (κ2) is 7.59. The number of carbonyl (C=O) groups excluding carboxylic acids is 1. The summed E-state index contributed by atoms with van der Waals surface area (Å²) in [5.41, 5.74) is 3.40. The number of halogens is 1. The Morgan fingerprint density at radius 1 is 1.08 bits per heavy atom. The van der Waals surface area contributed by atoms with E-state index < -0.39 is 0 Å². The molecular weight excluding hydrogens is 332 g/mol. The Balaban J connectivity index is 1.92. The van der Waals surface area contributed by atoms with Gasteiger partial charge in [0.05, 0.1) is 12.0 Å². The monoisotopic (exact) mass is 356 g/mol. The van der Waals surface area contributed by atoms with Crippen LogP contribution in [0.5, 0.6) is 0 Å². The predicted octanol–water partition coefficient (Wildman–Crippen LogP) is 4.23. The number of nitrogens with zero attached hydrogens (tertiary/aromatic N) is 1. The number of carbonyl (C=O) groups is 1. The van der Waals surface area contributed by atoms with Gasteiger partial charge in [-0.2, -0.15) is 0 Å². The first-order valence-electron chi connectivity index (χ1n) is 8.75. The average Bonchev–Trinajstić information content (AvgIpc) is 2.57. The lowest BCUT2D eigenvalue weighted by atomic mass is 9.79. The van der Waals surface area contributed by atoms with E-state index in [0.29, 0.717) is 10.9 Å². The molecule has 0 aliphatic carbocycles. The number of nitrogens with one attached hydrogen (secondary N) is 1. The molecule has 0 saturated carbocycles. The second-order valence-corrected chi connectivity index (χ2v) is 7.71. The van der Waals surface area contributed by atoms with Crippen molar-refractivity contribution in [2.75, 3.05) is 20.6 Å². The van der Waals surface area contributed by atoms with Gasteiger partial charge in [0.2, 0.25) is 5.91 Å². The third-order valence-corrected chi connectivity index (χ3v) is 5.06. The highest BCUT2D eigenvalue weighted by Crippen LogP contribution is 2.37. The first-order chi connectivity index (χ1) is 12.0. The summed E-state index contributed by atoms with van der Waals surface area (Å²) in [6, 6.07) is 15.9. The standard InChI is InChI=1S/C21H25ClN2O/c1-14(13-24(2)3)12-19-17-6-4-5-7-18(17)20(23-21(19)25)15-8-10-16(22)11-9-15/h4-11,14,19-20H,12-13H2,1-3H3,(H,23,25). The highest BCUT2D eigenvalue weighted by atomic mass is 35.5. The van der Waals surface area contributed by atoms with Gasteiger partial charge in [-0.1, -0.05) is 54.9 Å². The lowest BCUT2D eigenvalue weighted by Gasteiger charge is -2.34. The van der Waals surface area contributed by atoms with Gasteiger partial charge in [0.25, 0.3) is 0 Å².